The van der Waals surface area contributed by atoms with Crippen LogP contribution in [0.5, 0.6) is 0 Å². The number of amides is 2. The third kappa shape index (κ3) is 5.24. The van der Waals surface area contributed by atoms with Gasteiger partial charge in [0.05, 0.1) is 0 Å². The van der Waals surface area contributed by atoms with Crippen LogP contribution in [0.1, 0.15) is 52.4 Å². The second kappa shape index (κ2) is 9.25. The molecule has 0 aromatic heterocycles. The van der Waals surface area contributed by atoms with Crippen molar-refractivity contribution in [1.82, 2.24) is 4.90 Å². The Hall–Kier alpha value is -2.04. The first-order chi connectivity index (χ1) is 13.1. The first-order valence-electron chi connectivity index (χ1n) is 10.5. The number of hydrogen-bond acceptors (Lipinski definition) is 3. The molecule has 5 heteroatoms. The Kier molecular flexibility index (Phi) is 6.75. The standard InChI is InChI=1S/C22H33N3O2/c1-3-4-21(26)25-15-11-18(12-16-25)22(27)23-19-5-7-20(8-6-19)24-13-9-17(2)10-14-24/h5-8,17-18H,3-4,9-16H2,1-2H3,(H,23,27). The van der Waals surface area contributed by atoms with E-state index in [-0.39, 0.29) is 17.7 Å². The minimum atomic E-state index is -0.000986. The lowest BCUT2D eigenvalue weighted by atomic mass is 9.95. The quantitative estimate of drug-likeness (QED) is 0.854. The molecule has 2 saturated heterocycles. The fourth-order valence-corrected chi connectivity index (χ4v) is 4.03. The Morgan fingerprint density at radius 1 is 1.00 bits per heavy atom. The van der Waals surface area contributed by atoms with Gasteiger partial charge in [-0.1, -0.05) is 13.8 Å². The Labute approximate surface area is 163 Å². The smallest absolute Gasteiger partial charge is 0.227 e. The maximum absolute atomic E-state index is 12.6. The molecule has 3 rings (SSSR count). The fraction of sp³-hybridized carbons (Fsp3) is 0.636. The maximum atomic E-state index is 12.6. The van der Waals surface area contributed by atoms with Crippen molar-refractivity contribution in [2.45, 2.75) is 52.4 Å². The maximum Gasteiger partial charge on any atom is 0.227 e. The Morgan fingerprint density at radius 2 is 1.63 bits per heavy atom. The molecule has 0 spiro atoms. The van der Waals surface area contributed by atoms with E-state index in [0.29, 0.717) is 19.5 Å². The van der Waals surface area contributed by atoms with E-state index < -0.39 is 0 Å². The van der Waals surface area contributed by atoms with Crippen LogP contribution in [0, 0.1) is 11.8 Å². The molecule has 2 heterocycles. The average molecular weight is 372 g/mol. The molecule has 0 aliphatic carbocycles. The van der Waals surface area contributed by atoms with Crippen LogP contribution in [0.4, 0.5) is 11.4 Å². The van der Waals surface area contributed by atoms with Gasteiger partial charge in [-0.2, -0.15) is 0 Å². The Balaban J connectivity index is 1.48. The second-order valence-electron chi connectivity index (χ2n) is 8.11. The van der Waals surface area contributed by atoms with Gasteiger partial charge in [0.2, 0.25) is 11.8 Å². The van der Waals surface area contributed by atoms with Crippen LogP contribution in [0.3, 0.4) is 0 Å². The highest BCUT2D eigenvalue weighted by Crippen LogP contribution is 2.25. The largest absolute Gasteiger partial charge is 0.372 e. The highest BCUT2D eigenvalue weighted by atomic mass is 16.2. The highest BCUT2D eigenvalue weighted by Gasteiger charge is 2.27. The molecule has 27 heavy (non-hydrogen) atoms. The third-order valence-electron chi connectivity index (χ3n) is 5.97. The Bertz CT molecular complexity index is 627. The summed E-state index contributed by atoms with van der Waals surface area (Å²) >= 11 is 0. The number of carbonyl (C=O) groups excluding carboxylic acids is 2. The predicted octanol–water partition coefficient (Wildman–Crippen LogP) is 3.90. The molecular weight excluding hydrogens is 338 g/mol. The molecular formula is C22H33N3O2. The van der Waals surface area contributed by atoms with E-state index in [1.165, 1.54) is 18.5 Å². The van der Waals surface area contributed by atoms with Crippen LogP contribution < -0.4 is 10.2 Å². The summed E-state index contributed by atoms with van der Waals surface area (Å²) in [7, 11) is 0. The number of piperidine rings is 2. The van der Waals surface area contributed by atoms with Gasteiger partial charge in [-0.3, -0.25) is 9.59 Å². The molecule has 2 aliphatic rings. The number of hydrogen-bond donors (Lipinski definition) is 1. The zero-order chi connectivity index (χ0) is 19.2. The van der Waals surface area contributed by atoms with E-state index in [9.17, 15) is 9.59 Å². The van der Waals surface area contributed by atoms with Crippen molar-refractivity contribution >= 4 is 23.2 Å². The van der Waals surface area contributed by atoms with Crippen molar-refractivity contribution in [3.63, 3.8) is 0 Å². The van der Waals surface area contributed by atoms with E-state index in [2.05, 4.69) is 29.3 Å². The summed E-state index contributed by atoms with van der Waals surface area (Å²) in [6.45, 7) is 7.96. The molecule has 0 unspecified atom stereocenters. The van der Waals surface area contributed by atoms with Crippen molar-refractivity contribution in [2.75, 3.05) is 36.4 Å². The Morgan fingerprint density at radius 3 is 2.22 bits per heavy atom. The zero-order valence-corrected chi connectivity index (χ0v) is 16.7. The summed E-state index contributed by atoms with van der Waals surface area (Å²) < 4.78 is 0. The van der Waals surface area contributed by atoms with Crippen molar-refractivity contribution in [3.8, 4) is 0 Å². The lowest BCUT2D eigenvalue weighted by molar-refractivity contribution is -0.134. The number of anilines is 2. The first kappa shape index (κ1) is 19.7. The minimum absolute atomic E-state index is 0.000986. The van der Waals surface area contributed by atoms with E-state index in [1.54, 1.807) is 0 Å². The van der Waals surface area contributed by atoms with Crippen LogP contribution in [-0.4, -0.2) is 42.9 Å². The van der Waals surface area contributed by atoms with Crippen LogP contribution in [0.25, 0.3) is 0 Å². The molecule has 148 valence electrons. The van der Waals surface area contributed by atoms with Gasteiger partial charge in [-0.15, -0.1) is 0 Å². The van der Waals surface area contributed by atoms with Crippen molar-refractivity contribution in [3.05, 3.63) is 24.3 Å². The van der Waals surface area contributed by atoms with Crippen molar-refractivity contribution < 1.29 is 9.59 Å². The van der Waals surface area contributed by atoms with Gasteiger partial charge in [0.1, 0.15) is 0 Å². The first-order valence-corrected chi connectivity index (χ1v) is 10.5. The minimum Gasteiger partial charge on any atom is -0.372 e. The van der Waals surface area contributed by atoms with Gasteiger partial charge < -0.3 is 15.1 Å². The average Bonchev–Trinajstić information content (AvgIpc) is 2.69. The molecule has 1 aromatic carbocycles. The van der Waals surface area contributed by atoms with Crippen LogP contribution in [-0.2, 0) is 9.59 Å². The van der Waals surface area contributed by atoms with E-state index >= 15 is 0 Å². The topological polar surface area (TPSA) is 52.7 Å². The number of carbonyl (C=O) groups is 2. The summed E-state index contributed by atoms with van der Waals surface area (Å²) in [6.07, 6.45) is 5.50. The summed E-state index contributed by atoms with van der Waals surface area (Å²) in [5.41, 5.74) is 2.10. The molecule has 0 atom stereocenters. The van der Waals surface area contributed by atoms with Crippen molar-refractivity contribution in [1.29, 1.82) is 0 Å². The lowest BCUT2D eigenvalue weighted by Crippen LogP contribution is -2.41. The van der Waals surface area contributed by atoms with Gasteiger partial charge in [0.25, 0.3) is 0 Å². The van der Waals surface area contributed by atoms with Crippen molar-refractivity contribution in [2.24, 2.45) is 11.8 Å². The molecule has 0 saturated carbocycles. The van der Waals surface area contributed by atoms with Crippen LogP contribution >= 0.6 is 0 Å². The molecule has 2 amide bonds. The number of nitrogens with zero attached hydrogens (tertiary/aromatic N) is 2. The van der Waals surface area contributed by atoms with E-state index in [0.717, 1.165) is 44.0 Å². The lowest BCUT2D eigenvalue weighted by Gasteiger charge is -2.32. The molecule has 2 aliphatic heterocycles. The molecule has 2 fully saturated rings. The summed E-state index contributed by atoms with van der Waals surface area (Å²) in [5.74, 6) is 1.12. The third-order valence-corrected chi connectivity index (χ3v) is 5.97. The number of nitrogens with one attached hydrogen (secondary N) is 1. The number of benzene rings is 1. The van der Waals surface area contributed by atoms with Crippen LogP contribution in [0.2, 0.25) is 0 Å². The van der Waals surface area contributed by atoms with Gasteiger partial charge >= 0.3 is 0 Å². The summed E-state index contributed by atoms with van der Waals surface area (Å²) in [6, 6.07) is 8.23. The molecule has 1 aromatic rings. The zero-order valence-electron chi connectivity index (χ0n) is 16.7. The predicted molar refractivity (Wildman–Crippen MR) is 110 cm³/mol. The van der Waals surface area contributed by atoms with Gasteiger partial charge in [-0.25, -0.2) is 0 Å². The molecule has 0 radical (unpaired) electrons. The van der Waals surface area contributed by atoms with Gasteiger partial charge in [0.15, 0.2) is 0 Å². The fourth-order valence-electron chi connectivity index (χ4n) is 4.03. The second-order valence-corrected chi connectivity index (χ2v) is 8.11. The van der Waals surface area contributed by atoms with E-state index in [4.69, 9.17) is 0 Å². The SMILES string of the molecule is CCCC(=O)N1CCC(C(=O)Nc2ccc(N3CCC(C)CC3)cc2)CC1. The summed E-state index contributed by atoms with van der Waals surface area (Å²) in [5, 5.41) is 3.06. The van der Waals surface area contributed by atoms with Crippen LogP contribution in [0.15, 0.2) is 24.3 Å². The van der Waals surface area contributed by atoms with E-state index in [1.807, 2.05) is 24.0 Å². The normalized spacial score (nSPS) is 19.2. The molecule has 0 bridgehead atoms. The van der Waals surface area contributed by atoms with Gasteiger partial charge in [0, 0.05) is 49.9 Å². The highest BCUT2D eigenvalue weighted by molar-refractivity contribution is 5.93. The molecule has 5 nitrogen and oxygen atoms in total. The monoisotopic (exact) mass is 371 g/mol. The molecule has 1 N–H and O–H groups in total. The number of likely N-dealkylation sites (tertiary alicyclic amines) is 1. The van der Waals surface area contributed by atoms with Gasteiger partial charge in [-0.05, 0) is 62.3 Å². The number of rotatable bonds is 5. The summed E-state index contributed by atoms with van der Waals surface area (Å²) in [4.78, 5) is 28.9.